The van der Waals surface area contributed by atoms with Gasteiger partial charge in [-0.1, -0.05) is 6.92 Å². The maximum Gasteiger partial charge on any atom is 0.228 e. The van der Waals surface area contributed by atoms with E-state index >= 15 is 0 Å². The average molecular weight is 259 g/mol. The van der Waals surface area contributed by atoms with E-state index in [1.807, 2.05) is 0 Å². The number of hydrogen-bond acceptors (Lipinski definition) is 2. The van der Waals surface area contributed by atoms with Crippen LogP contribution in [-0.4, -0.2) is 37.0 Å². The molecule has 0 spiro atoms. The number of nitrogens with zero attached hydrogens (tertiary/aromatic N) is 1. The lowest BCUT2D eigenvalue weighted by Crippen LogP contribution is -2.46. The van der Waals surface area contributed by atoms with Gasteiger partial charge in [-0.3, -0.25) is 4.79 Å². The van der Waals surface area contributed by atoms with Crippen LogP contribution in [0.4, 0.5) is 0 Å². The molecule has 2 saturated heterocycles. The summed E-state index contributed by atoms with van der Waals surface area (Å²) in [6.45, 7) is 6.47. The molecule has 2 heterocycles. The van der Waals surface area contributed by atoms with Crippen LogP contribution in [0, 0.1) is 17.3 Å². The van der Waals surface area contributed by atoms with E-state index in [-0.39, 0.29) is 17.8 Å². The average Bonchev–Trinajstić information content (AvgIpc) is 2.98. The van der Waals surface area contributed by atoms with E-state index in [0.29, 0.717) is 5.91 Å². The lowest BCUT2D eigenvalue weighted by molar-refractivity contribution is -0.139. The van der Waals surface area contributed by atoms with Crippen LogP contribution < -0.4 is 5.32 Å². The number of nitrogens with one attached hydrogen (secondary N) is 1. The highest BCUT2D eigenvalue weighted by Gasteiger charge is 2.51. The molecule has 0 aromatic rings. The maximum absolute atomic E-state index is 12.4. The third kappa shape index (κ3) is 2.19. The molecule has 98 valence electrons. The van der Waals surface area contributed by atoms with Crippen LogP contribution in [0.15, 0.2) is 0 Å². The summed E-state index contributed by atoms with van der Waals surface area (Å²) in [6.07, 6.45) is 4.51. The van der Waals surface area contributed by atoms with Crippen molar-refractivity contribution in [1.82, 2.24) is 10.2 Å². The van der Waals surface area contributed by atoms with Crippen molar-refractivity contribution in [1.29, 1.82) is 0 Å². The van der Waals surface area contributed by atoms with Gasteiger partial charge in [0.2, 0.25) is 5.91 Å². The molecule has 0 bridgehead atoms. The minimum atomic E-state index is 0. The Morgan fingerprint density at radius 1 is 1.35 bits per heavy atom. The van der Waals surface area contributed by atoms with Crippen LogP contribution in [0.25, 0.3) is 0 Å². The summed E-state index contributed by atoms with van der Waals surface area (Å²) in [4.78, 5) is 14.6. The zero-order chi connectivity index (χ0) is 11.2. The first-order valence-electron chi connectivity index (χ1n) is 6.75. The largest absolute Gasteiger partial charge is 0.342 e. The number of piperidine rings is 1. The summed E-state index contributed by atoms with van der Waals surface area (Å²) < 4.78 is 0. The summed E-state index contributed by atoms with van der Waals surface area (Å²) in [6, 6.07) is 0. The van der Waals surface area contributed by atoms with Gasteiger partial charge >= 0.3 is 0 Å². The minimum Gasteiger partial charge on any atom is -0.342 e. The molecule has 2 aliphatic heterocycles. The molecule has 1 N–H and O–H groups in total. The summed E-state index contributed by atoms with van der Waals surface area (Å²) in [5.41, 5.74) is 0.0683. The van der Waals surface area contributed by atoms with E-state index in [1.165, 1.54) is 13.0 Å². The summed E-state index contributed by atoms with van der Waals surface area (Å²) >= 11 is 0. The first-order valence-corrected chi connectivity index (χ1v) is 6.75. The Morgan fingerprint density at radius 3 is 2.71 bits per heavy atom. The third-order valence-corrected chi connectivity index (χ3v) is 4.98. The van der Waals surface area contributed by atoms with Gasteiger partial charge in [-0.05, 0) is 50.6 Å². The topological polar surface area (TPSA) is 32.3 Å². The highest BCUT2D eigenvalue weighted by atomic mass is 35.5. The standard InChI is InChI=1S/C13H22N2O.ClH/c1-2-13(4-5-13)12(16)15-6-3-10-7-14-8-11(10)9-15;/h10-11,14H,2-9H2,1H3;1H. The predicted octanol–water partition coefficient (Wildman–Crippen LogP) is 1.67. The van der Waals surface area contributed by atoms with Crippen LogP contribution in [0.3, 0.4) is 0 Å². The Bertz CT molecular complexity index is 304. The normalized spacial score (nSPS) is 33.8. The zero-order valence-corrected chi connectivity index (χ0v) is 11.4. The first-order chi connectivity index (χ1) is 7.75. The highest BCUT2D eigenvalue weighted by Crippen LogP contribution is 2.50. The number of halogens is 1. The lowest BCUT2D eigenvalue weighted by Gasteiger charge is -2.36. The van der Waals surface area contributed by atoms with Gasteiger partial charge < -0.3 is 10.2 Å². The van der Waals surface area contributed by atoms with Gasteiger partial charge in [-0.15, -0.1) is 12.4 Å². The van der Waals surface area contributed by atoms with Gasteiger partial charge in [0.1, 0.15) is 0 Å². The van der Waals surface area contributed by atoms with Crippen molar-refractivity contribution in [2.75, 3.05) is 26.2 Å². The van der Waals surface area contributed by atoms with Crippen molar-refractivity contribution >= 4 is 18.3 Å². The smallest absolute Gasteiger partial charge is 0.228 e. The van der Waals surface area contributed by atoms with Crippen LogP contribution >= 0.6 is 12.4 Å². The summed E-state index contributed by atoms with van der Waals surface area (Å²) in [7, 11) is 0. The molecule has 1 saturated carbocycles. The Labute approximate surface area is 110 Å². The Morgan fingerprint density at radius 2 is 2.06 bits per heavy atom. The molecule has 0 aromatic heterocycles. The highest BCUT2D eigenvalue weighted by molar-refractivity contribution is 5.85. The molecule has 1 amide bonds. The van der Waals surface area contributed by atoms with Crippen LogP contribution in [-0.2, 0) is 4.79 Å². The Hall–Kier alpha value is -0.280. The second kappa shape index (κ2) is 4.77. The molecule has 4 heteroatoms. The Kier molecular flexibility index (Phi) is 3.69. The van der Waals surface area contributed by atoms with Gasteiger partial charge in [0, 0.05) is 18.5 Å². The van der Waals surface area contributed by atoms with Gasteiger partial charge in [0.25, 0.3) is 0 Å². The van der Waals surface area contributed by atoms with Crippen LogP contribution in [0.1, 0.15) is 32.6 Å². The van der Waals surface area contributed by atoms with Crippen molar-refractivity contribution in [3.63, 3.8) is 0 Å². The summed E-state index contributed by atoms with van der Waals surface area (Å²) in [5.74, 6) is 2.02. The maximum atomic E-state index is 12.4. The van der Waals surface area contributed by atoms with Crippen molar-refractivity contribution < 1.29 is 4.79 Å². The predicted molar refractivity (Wildman–Crippen MR) is 70.3 cm³/mol. The SMILES string of the molecule is CCC1(C(=O)N2CCC3CNCC3C2)CC1.Cl. The fourth-order valence-corrected chi connectivity index (χ4v) is 3.42. The number of fused-ring (bicyclic) bond motifs is 1. The van der Waals surface area contributed by atoms with Crippen LogP contribution in [0.5, 0.6) is 0 Å². The van der Waals surface area contributed by atoms with E-state index in [4.69, 9.17) is 0 Å². The first kappa shape index (κ1) is 13.2. The van der Waals surface area contributed by atoms with Crippen molar-refractivity contribution in [3.05, 3.63) is 0 Å². The molecule has 1 aliphatic carbocycles. The lowest BCUT2D eigenvalue weighted by atomic mass is 9.87. The molecule has 3 rings (SSSR count). The molecule has 2 unspecified atom stereocenters. The second-order valence-corrected chi connectivity index (χ2v) is 5.85. The third-order valence-electron chi connectivity index (χ3n) is 4.98. The molecule has 3 fully saturated rings. The number of likely N-dealkylation sites (tertiary alicyclic amines) is 1. The van der Waals surface area contributed by atoms with E-state index < -0.39 is 0 Å². The molecule has 0 radical (unpaired) electrons. The molecular weight excluding hydrogens is 236 g/mol. The van der Waals surface area contributed by atoms with E-state index in [0.717, 1.165) is 50.7 Å². The van der Waals surface area contributed by atoms with Gasteiger partial charge in [0.15, 0.2) is 0 Å². The monoisotopic (exact) mass is 258 g/mol. The van der Waals surface area contributed by atoms with Crippen LogP contribution in [0.2, 0.25) is 0 Å². The molecule has 17 heavy (non-hydrogen) atoms. The van der Waals surface area contributed by atoms with Gasteiger partial charge in [-0.25, -0.2) is 0 Å². The fourth-order valence-electron chi connectivity index (χ4n) is 3.42. The number of carbonyl (C=O) groups excluding carboxylic acids is 1. The number of carbonyl (C=O) groups is 1. The van der Waals surface area contributed by atoms with E-state index in [1.54, 1.807) is 0 Å². The fraction of sp³-hybridized carbons (Fsp3) is 0.923. The molecule has 3 nitrogen and oxygen atoms in total. The van der Waals surface area contributed by atoms with Crippen molar-refractivity contribution in [2.45, 2.75) is 32.6 Å². The molecule has 3 aliphatic rings. The van der Waals surface area contributed by atoms with Crippen molar-refractivity contribution in [2.24, 2.45) is 17.3 Å². The number of amides is 1. The van der Waals surface area contributed by atoms with Gasteiger partial charge in [0.05, 0.1) is 0 Å². The molecule has 2 atom stereocenters. The number of rotatable bonds is 2. The number of hydrogen-bond donors (Lipinski definition) is 1. The molecular formula is C13H23ClN2O. The quantitative estimate of drug-likeness (QED) is 0.817. The van der Waals surface area contributed by atoms with E-state index in [2.05, 4.69) is 17.1 Å². The molecule has 0 aromatic carbocycles. The van der Waals surface area contributed by atoms with Crippen molar-refractivity contribution in [3.8, 4) is 0 Å². The Balaban J connectivity index is 0.00000108. The van der Waals surface area contributed by atoms with Gasteiger partial charge in [-0.2, -0.15) is 0 Å². The van der Waals surface area contributed by atoms with E-state index in [9.17, 15) is 4.79 Å². The second-order valence-electron chi connectivity index (χ2n) is 5.85. The summed E-state index contributed by atoms with van der Waals surface area (Å²) in [5, 5.41) is 3.45. The zero-order valence-electron chi connectivity index (χ0n) is 10.6. The minimum absolute atomic E-state index is 0.